The van der Waals surface area contributed by atoms with Crippen LogP contribution in [0.3, 0.4) is 0 Å². The van der Waals surface area contributed by atoms with Crippen molar-refractivity contribution < 1.29 is 14.3 Å². The molecular weight excluding hydrogens is 448 g/mol. The third-order valence-corrected chi connectivity index (χ3v) is 5.51. The van der Waals surface area contributed by atoms with Gasteiger partial charge in [0.05, 0.1) is 31.6 Å². The Hall–Kier alpha value is -2.97. The van der Waals surface area contributed by atoms with Gasteiger partial charge in [0.1, 0.15) is 5.75 Å². The van der Waals surface area contributed by atoms with Gasteiger partial charge in [-0.05, 0) is 58.4 Å². The molecule has 1 N–H and O–H groups in total. The summed E-state index contributed by atoms with van der Waals surface area (Å²) in [6.07, 6.45) is 0. The first-order valence-electron chi connectivity index (χ1n) is 9.56. The Kier molecular flexibility index (Phi) is 6.25. The molecule has 0 bridgehead atoms. The van der Waals surface area contributed by atoms with Crippen molar-refractivity contribution >= 4 is 33.3 Å². The van der Waals surface area contributed by atoms with E-state index < -0.39 is 0 Å². The van der Waals surface area contributed by atoms with Crippen molar-refractivity contribution in [3.8, 4) is 17.0 Å². The van der Waals surface area contributed by atoms with Gasteiger partial charge in [0, 0.05) is 28.8 Å². The van der Waals surface area contributed by atoms with Crippen molar-refractivity contribution in [1.82, 2.24) is 10.2 Å². The number of methoxy groups -OCH3 is 1. The Morgan fingerprint density at radius 1 is 1.10 bits per heavy atom. The summed E-state index contributed by atoms with van der Waals surface area (Å²) in [5, 5.41) is 11.7. The van der Waals surface area contributed by atoms with Gasteiger partial charge in [-0.3, -0.25) is 4.79 Å². The highest BCUT2D eigenvalue weighted by atomic mass is 79.9. The minimum absolute atomic E-state index is 0.230. The number of aromatic nitrogens is 2. The van der Waals surface area contributed by atoms with Crippen molar-refractivity contribution in [1.29, 1.82) is 0 Å². The van der Waals surface area contributed by atoms with E-state index in [9.17, 15) is 4.79 Å². The van der Waals surface area contributed by atoms with Gasteiger partial charge in [0.2, 0.25) is 0 Å². The van der Waals surface area contributed by atoms with E-state index in [1.165, 1.54) is 0 Å². The molecule has 1 saturated heterocycles. The summed E-state index contributed by atoms with van der Waals surface area (Å²) in [5.41, 5.74) is 2.78. The van der Waals surface area contributed by atoms with Crippen molar-refractivity contribution in [2.45, 2.75) is 0 Å². The Labute approximate surface area is 183 Å². The molecular formula is C22H21BrN4O3. The molecule has 1 aliphatic heterocycles. The van der Waals surface area contributed by atoms with Crippen LogP contribution in [0, 0.1) is 0 Å². The number of ether oxygens (including phenoxy) is 2. The lowest BCUT2D eigenvalue weighted by Gasteiger charge is -2.27. The van der Waals surface area contributed by atoms with Crippen LogP contribution in [-0.2, 0) is 4.74 Å². The lowest BCUT2D eigenvalue weighted by molar-refractivity contribution is 0.102. The van der Waals surface area contributed by atoms with Crippen LogP contribution in [0.2, 0.25) is 0 Å². The van der Waals surface area contributed by atoms with E-state index in [-0.39, 0.29) is 5.91 Å². The van der Waals surface area contributed by atoms with E-state index in [4.69, 9.17) is 9.47 Å². The number of morpholine rings is 1. The highest BCUT2D eigenvalue weighted by Crippen LogP contribution is 2.25. The van der Waals surface area contributed by atoms with Gasteiger partial charge in [-0.1, -0.05) is 12.1 Å². The molecule has 0 atom stereocenters. The lowest BCUT2D eigenvalue weighted by Crippen LogP contribution is -2.36. The van der Waals surface area contributed by atoms with Gasteiger partial charge in [0.25, 0.3) is 5.91 Å². The summed E-state index contributed by atoms with van der Waals surface area (Å²) in [5.74, 6) is 1.23. The van der Waals surface area contributed by atoms with Crippen LogP contribution < -0.4 is 15.0 Å². The van der Waals surface area contributed by atoms with Gasteiger partial charge >= 0.3 is 0 Å². The van der Waals surface area contributed by atoms with E-state index in [0.29, 0.717) is 34.7 Å². The first kappa shape index (κ1) is 20.3. The number of carbonyl (C=O) groups excluding carboxylic acids is 1. The summed E-state index contributed by atoms with van der Waals surface area (Å²) in [7, 11) is 1.57. The topological polar surface area (TPSA) is 76.6 Å². The molecule has 8 heteroatoms. The average molecular weight is 469 g/mol. The van der Waals surface area contributed by atoms with Crippen molar-refractivity contribution in [2.75, 3.05) is 43.6 Å². The molecule has 0 aliphatic carbocycles. The number of nitrogens with one attached hydrogen (secondary N) is 1. The number of amides is 1. The SMILES string of the molecule is COc1ccc(Br)c(C(=O)Nc2cccc(-c3ccc(N4CCOCC4)nn3)c2)c1. The van der Waals surface area contributed by atoms with Crippen LogP contribution in [0.25, 0.3) is 11.3 Å². The number of hydrogen-bond acceptors (Lipinski definition) is 6. The Morgan fingerprint density at radius 2 is 1.93 bits per heavy atom. The third kappa shape index (κ3) is 4.60. The van der Waals surface area contributed by atoms with Gasteiger partial charge in [-0.2, -0.15) is 0 Å². The van der Waals surface area contributed by atoms with Crippen LogP contribution >= 0.6 is 15.9 Å². The zero-order valence-electron chi connectivity index (χ0n) is 16.5. The number of nitrogens with zero attached hydrogens (tertiary/aromatic N) is 3. The zero-order chi connectivity index (χ0) is 20.9. The second kappa shape index (κ2) is 9.23. The highest BCUT2D eigenvalue weighted by molar-refractivity contribution is 9.10. The van der Waals surface area contributed by atoms with Crippen LogP contribution in [-0.4, -0.2) is 49.5 Å². The summed E-state index contributed by atoms with van der Waals surface area (Å²) in [6.45, 7) is 3.04. The molecule has 2 heterocycles. The second-order valence-electron chi connectivity index (χ2n) is 6.76. The summed E-state index contributed by atoms with van der Waals surface area (Å²) < 4.78 is 11.3. The fourth-order valence-corrected chi connectivity index (χ4v) is 3.63. The van der Waals surface area contributed by atoms with Crippen LogP contribution in [0.1, 0.15) is 10.4 Å². The molecule has 0 radical (unpaired) electrons. The monoisotopic (exact) mass is 468 g/mol. The smallest absolute Gasteiger partial charge is 0.256 e. The predicted octanol–water partition coefficient (Wildman–Crippen LogP) is 4.00. The summed E-state index contributed by atoms with van der Waals surface area (Å²) in [6, 6.07) is 16.7. The van der Waals surface area contributed by atoms with Gasteiger partial charge in [-0.25, -0.2) is 0 Å². The summed E-state index contributed by atoms with van der Waals surface area (Å²) >= 11 is 3.42. The molecule has 2 aromatic carbocycles. The minimum Gasteiger partial charge on any atom is -0.497 e. The molecule has 1 aromatic heterocycles. The number of halogens is 1. The van der Waals surface area contributed by atoms with Gasteiger partial charge < -0.3 is 19.7 Å². The van der Waals surface area contributed by atoms with Gasteiger partial charge in [0.15, 0.2) is 5.82 Å². The highest BCUT2D eigenvalue weighted by Gasteiger charge is 2.14. The molecule has 0 unspecified atom stereocenters. The molecule has 154 valence electrons. The van der Waals surface area contributed by atoms with E-state index in [0.717, 1.165) is 30.2 Å². The molecule has 30 heavy (non-hydrogen) atoms. The molecule has 0 spiro atoms. The normalized spacial score (nSPS) is 13.7. The van der Waals surface area contributed by atoms with E-state index >= 15 is 0 Å². The number of hydrogen-bond donors (Lipinski definition) is 1. The average Bonchev–Trinajstić information content (AvgIpc) is 2.80. The molecule has 1 aliphatic rings. The van der Waals surface area contributed by atoms with Crippen molar-refractivity contribution in [2.24, 2.45) is 0 Å². The molecule has 3 aromatic rings. The maximum atomic E-state index is 12.7. The second-order valence-corrected chi connectivity index (χ2v) is 7.61. The predicted molar refractivity (Wildman–Crippen MR) is 119 cm³/mol. The zero-order valence-corrected chi connectivity index (χ0v) is 18.1. The molecule has 1 fully saturated rings. The standard InChI is InChI=1S/C22H21BrN4O3/c1-29-17-5-6-19(23)18(14-17)22(28)24-16-4-2-3-15(13-16)20-7-8-21(26-25-20)27-9-11-30-12-10-27/h2-8,13-14H,9-12H2,1H3,(H,24,28). The summed E-state index contributed by atoms with van der Waals surface area (Å²) in [4.78, 5) is 14.9. The van der Waals surface area contributed by atoms with Crippen LogP contribution in [0.15, 0.2) is 59.1 Å². The first-order valence-corrected chi connectivity index (χ1v) is 10.3. The molecule has 1 amide bonds. The van der Waals surface area contributed by atoms with Crippen LogP contribution in [0.4, 0.5) is 11.5 Å². The van der Waals surface area contributed by atoms with E-state index in [1.54, 1.807) is 25.3 Å². The number of rotatable bonds is 5. The molecule has 7 nitrogen and oxygen atoms in total. The largest absolute Gasteiger partial charge is 0.497 e. The third-order valence-electron chi connectivity index (χ3n) is 4.82. The maximum absolute atomic E-state index is 12.7. The number of benzene rings is 2. The Morgan fingerprint density at radius 3 is 2.67 bits per heavy atom. The van der Waals surface area contributed by atoms with Crippen molar-refractivity contribution in [3.63, 3.8) is 0 Å². The van der Waals surface area contributed by atoms with Crippen molar-refractivity contribution in [3.05, 3.63) is 64.6 Å². The number of carbonyl (C=O) groups is 1. The quantitative estimate of drug-likeness (QED) is 0.609. The van der Waals surface area contributed by atoms with Crippen LogP contribution in [0.5, 0.6) is 5.75 Å². The minimum atomic E-state index is -0.230. The Balaban J connectivity index is 1.51. The fourth-order valence-electron chi connectivity index (χ4n) is 3.20. The first-order chi connectivity index (χ1) is 14.6. The maximum Gasteiger partial charge on any atom is 0.256 e. The Bertz CT molecular complexity index is 1040. The molecule has 0 saturated carbocycles. The lowest BCUT2D eigenvalue weighted by atomic mass is 10.1. The van der Waals surface area contributed by atoms with E-state index in [2.05, 4.69) is 36.3 Å². The van der Waals surface area contributed by atoms with Gasteiger partial charge in [-0.15, -0.1) is 10.2 Å². The van der Waals surface area contributed by atoms with E-state index in [1.807, 2.05) is 36.4 Å². The number of anilines is 2. The molecule has 4 rings (SSSR count). The fraction of sp³-hybridized carbons (Fsp3) is 0.227.